The van der Waals surface area contributed by atoms with Crippen LogP contribution in [0.25, 0.3) is 0 Å². The fourth-order valence-electron chi connectivity index (χ4n) is 7.41. The third-order valence-electron chi connectivity index (χ3n) is 11.6. The van der Waals surface area contributed by atoms with Gasteiger partial charge in [0, 0.05) is 78.0 Å². The van der Waals surface area contributed by atoms with Gasteiger partial charge < -0.3 is 48.8 Å². The number of rotatable bonds is 14. The van der Waals surface area contributed by atoms with Crippen LogP contribution in [-0.2, 0) is 44.5 Å². The van der Waals surface area contributed by atoms with Crippen molar-refractivity contribution in [3.8, 4) is 5.75 Å². The maximum absolute atomic E-state index is 14.2. The van der Waals surface area contributed by atoms with Crippen molar-refractivity contribution in [2.75, 3.05) is 71.9 Å². The molecule has 4 bridgehead atoms. The van der Waals surface area contributed by atoms with Crippen LogP contribution in [0.3, 0.4) is 0 Å². The number of likely N-dealkylation sites (N-methyl/N-ethyl adjacent to an activating group) is 3. The lowest BCUT2D eigenvalue weighted by Gasteiger charge is -2.42. The fraction of sp³-hybridized carbons (Fsp3) is 0.643. The molecule has 4 amide bonds. The molecule has 2 fully saturated rings. The van der Waals surface area contributed by atoms with E-state index in [1.165, 1.54) is 42.8 Å². The Balaban J connectivity index is 1.58. The highest BCUT2D eigenvalue weighted by molar-refractivity contribution is 7.99. The zero-order valence-corrected chi connectivity index (χ0v) is 37.9. The Labute approximate surface area is 362 Å². The van der Waals surface area contributed by atoms with Crippen molar-refractivity contribution in [3.63, 3.8) is 0 Å². The first-order chi connectivity index (χ1) is 28.3. The number of amides is 4. The van der Waals surface area contributed by atoms with Crippen molar-refractivity contribution in [1.29, 1.82) is 0 Å². The molecule has 3 heterocycles. The van der Waals surface area contributed by atoms with Crippen LogP contribution in [0.4, 0.5) is 10.5 Å². The molecule has 1 unspecified atom stereocenters. The molecular weight excluding hydrogens is 818 g/mol. The largest absolute Gasteiger partial charge is 0.495 e. The molecule has 3 N–H and O–H groups in total. The first kappa shape index (κ1) is 48.8. The summed E-state index contributed by atoms with van der Waals surface area (Å²) in [5.74, 6) is -0.651. The van der Waals surface area contributed by atoms with Crippen molar-refractivity contribution in [2.24, 2.45) is 5.92 Å². The summed E-state index contributed by atoms with van der Waals surface area (Å²) < 4.78 is 29.3. The topological polar surface area (TPSA) is 189 Å². The average molecular weight is 881 g/mol. The van der Waals surface area contributed by atoms with Gasteiger partial charge in [-0.2, -0.15) is 11.8 Å². The Bertz CT molecular complexity index is 1800. The maximum Gasteiger partial charge on any atom is 0.409 e. The molecule has 2 saturated heterocycles. The number of nitrogens with one attached hydrogen (secondary N) is 2. The van der Waals surface area contributed by atoms with Crippen LogP contribution in [0.15, 0.2) is 35.9 Å². The molecule has 16 nitrogen and oxygen atoms in total. The van der Waals surface area contributed by atoms with Crippen LogP contribution in [0.2, 0.25) is 5.02 Å². The molecule has 0 spiro atoms. The normalized spacial score (nSPS) is 28.8. The minimum Gasteiger partial charge on any atom is -0.495 e. The average Bonchev–Trinajstić information content (AvgIpc) is 3.91. The van der Waals surface area contributed by atoms with E-state index in [1.54, 1.807) is 64.1 Å². The molecule has 0 saturated carbocycles. The van der Waals surface area contributed by atoms with Gasteiger partial charge in [-0.1, -0.05) is 42.3 Å². The van der Waals surface area contributed by atoms with Crippen molar-refractivity contribution in [1.82, 2.24) is 20.4 Å². The van der Waals surface area contributed by atoms with E-state index < -0.39 is 65.7 Å². The third-order valence-corrected chi connectivity index (χ3v) is 12.9. The highest BCUT2D eigenvalue weighted by Gasteiger charge is 2.64. The molecular formula is C42H62ClN5O11S. The van der Waals surface area contributed by atoms with E-state index in [9.17, 15) is 29.1 Å². The molecule has 1 aromatic rings. The van der Waals surface area contributed by atoms with E-state index in [4.69, 9.17) is 35.3 Å². The number of allylic oxidation sites excluding steroid dienone is 3. The Kier molecular flexibility index (Phi) is 17.3. The summed E-state index contributed by atoms with van der Waals surface area (Å²) in [7, 11) is 9.58. The quantitative estimate of drug-likeness (QED) is 0.140. The number of benzene rings is 1. The van der Waals surface area contributed by atoms with Gasteiger partial charge in [0.05, 0.1) is 25.3 Å². The molecule has 0 aliphatic carbocycles. The number of methoxy groups -OCH3 is 2. The van der Waals surface area contributed by atoms with Crippen LogP contribution in [-0.4, -0.2) is 153 Å². The van der Waals surface area contributed by atoms with Crippen molar-refractivity contribution in [2.45, 2.75) is 102 Å². The van der Waals surface area contributed by atoms with E-state index in [-0.39, 0.29) is 36.1 Å². The van der Waals surface area contributed by atoms with Gasteiger partial charge >= 0.3 is 12.1 Å². The Morgan fingerprint density at radius 1 is 1.17 bits per heavy atom. The van der Waals surface area contributed by atoms with E-state index in [1.807, 2.05) is 20.0 Å². The maximum atomic E-state index is 14.2. The molecule has 0 aromatic heterocycles. The fourth-order valence-corrected chi connectivity index (χ4v) is 8.57. The molecule has 1 aromatic carbocycles. The van der Waals surface area contributed by atoms with Crippen LogP contribution < -0.4 is 20.3 Å². The summed E-state index contributed by atoms with van der Waals surface area (Å²) in [5.41, 5.74) is -0.995. The molecule has 0 radical (unpaired) electrons. The number of ether oxygens (including phenoxy) is 5. The molecule has 4 rings (SSSR count). The third kappa shape index (κ3) is 11.9. The number of carbonyl (C=O) groups excluding carboxylic acids is 5. The number of nitrogens with zero attached hydrogens (tertiary/aromatic N) is 3. The van der Waals surface area contributed by atoms with Gasteiger partial charge in [0.2, 0.25) is 17.7 Å². The number of anilines is 1. The Morgan fingerprint density at radius 2 is 1.85 bits per heavy atom. The number of esters is 1. The summed E-state index contributed by atoms with van der Waals surface area (Å²) in [4.78, 5) is 71.0. The second-order valence-electron chi connectivity index (χ2n) is 15.9. The summed E-state index contributed by atoms with van der Waals surface area (Å²) in [6, 6.07) is 2.55. The minimum atomic E-state index is -1.84. The summed E-state index contributed by atoms with van der Waals surface area (Å²) >= 11 is 8.27. The second kappa shape index (κ2) is 21.3. The minimum absolute atomic E-state index is 0.0245. The summed E-state index contributed by atoms with van der Waals surface area (Å²) in [6.07, 6.45) is 1.26. The van der Waals surface area contributed by atoms with Gasteiger partial charge in [0.25, 0.3) is 0 Å². The number of halogens is 1. The number of hydrogen-bond acceptors (Lipinski definition) is 13. The van der Waals surface area contributed by atoms with Crippen molar-refractivity contribution < 1.29 is 52.8 Å². The SMILES string of the molecule is CNCCN(C)C(=O)CCSCCC(=O)N(C)[C@@H](C)C(=O)O[C@H]1CC(=O)N(C)c2cc(cc(OC)c2Cl)C/C(C)=C/C=C/[C@@H](OC)[C@@]2(O)CC(OC(=O)N2)[C@@H](C)[C@@H]2O[C@@]12C. The van der Waals surface area contributed by atoms with Crippen molar-refractivity contribution in [3.05, 3.63) is 46.5 Å². The lowest BCUT2D eigenvalue weighted by atomic mass is 9.83. The van der Waals surface area contributed by atoms with E-state index in [2.05, 4.69) is 10.6 Å². The molecule has 334 valence electrons. The first-order valence-corrected chi connectivity index (χ1v) is 21.6. The van der Waals surface area contributed by atoms with Crippen LogP contribution in [0.5, 0.6) is 5.75 Å². The summed E-state index contributed by atoms with van der Waals surface area (Å²) in [5, 5.41) is 17.5. The Hall–Kier alpha value is -3.87. The standard InChI is InChI=1S/C42H62ClN5O11S/c1-25-12-11-13-32(56-10)42(54)24-31(57-40(53)45-42)26(2)38-41(4,59-38)33(23-36(51)48(8)29-21-28(20-25)22-30(55-9)37(29)43)58-39(52)27(3)47(7)35(50)15-19-60-18-14-34(49)46(6)17-16-44-5/h11-13,21-22,26-27,31-33,38,44,54H,14-20,23-24H2,1-10H3,(H,45,53)/b13-11+,25-12+/t26-,27+,31?,32-,33+,38+,41+,42+/m1/s1. The van der Waals surface area contributed by atoms with E-state index in [0.717, 1.165) is 11.1 Å². The second-order valence-corrected chi connectivity index (χ2v) is 17.5. The smallest absolute Gasteiger partial charge is 0.409 e. The van der Waals surface area contributed by atoms with Crippen LogP contribution in [0.1, 0.15) is 58.9 Å². The number of epoxide rings is 1. The van der Waals surface area contributed by atoms with Crippen molar-refractivity contribution >= 4 is 58.8 Å². The monoisotopic (exact) mass is 879 g/mol. The van der Waals surface area contributed by atoms with Crippen LogP contribution in [0, 0.1) is 5.92 Å². The van der Waals surface area contributed by atoms with Crippen LogP contribution >= 0.6 is 23.4 Å². The molecule has 3 aliphatic heterocycles. The van der Waals surface area contributed by atoms with Gasteiger partial charge in [0.1, 0.15) is 40.7 Å². The molecule has 18 heteroatoms. The zero-order valence-electron chi connectivity index (χ0n) is 36.4. The highest BCUT2D eigenvalue weighted by atomic mass is 35.5. The Morgan fingerprint density at radius 3 is 2.50 bits per heavy atom. The zero-order chi connectivity index (χ0) is 44.5. The first-order valence-electron chi connectivity index (χ1n) is 20.1. The van der Waals surface area contributed by atoms with Gasteiger partial charge in [0.15, 0.2) is 5.72 Å². The number of alkyl carbamates (subject to hydrolysis) is 1. The van der Waals surface area contributed by atoms with Gasteiger partial charge in [-0.25, -0.2) is 9.59 Å². The van der Waals surface area contributed by atoms with E-state index >= 15 is 0 Å². The number of hydrogen-bond donors (Lipinski definition) is 3. The molecule has 60 heavy (non-hydrogen) atoms. The van der Waals surface area contributed by atoms with Gasteiger partial charge in [-0.15, -0.1) is 0 Å². The van der Waals surface area contributed by atoms with E-state index in [0.29, 0.717) is 48.9 Å². The van der Waals surface area contributed by atoms with Gasteiger partial charge in [-0.3, -0.25) is 19.7 Å². The number of aliphatic hydroxyl groups is 1. The number of carbonyl (C=O) groups is 5. The highest BCUT2D eigenvalue weighted by Crippen LogP contribution is 2.49. The molecule has 3 aliphatic rings. The molecule has 8 atom stereocenters. The predicted molar refractivity (Wildman–Crippen MR) is 229 cm³/mol. The lowest BCUT2D eigenvalue weighted by Crippen LogP contribution is -2.63. The number of thioether (sulfide) groups is 1. The van der Waals surface area contributed by atoms with Gasteiger partial charge in [-0.05, 0) is 51.9 Å². The predicted octanol–water partition coefficient (Wildman–Crippen LogP) is 3.71. The lowest BCUT2D eigenvalue weighted by molar-refractivity contribution is -0.162. The summed E-state index contributed by atoms with van der Waals surface area (Å²) in [6.45, 7) is 8.27. The number of fused-ring (bicyclic) bond motifs is 5.